The molecule has 4 rings (SSSR count). The molecule has 0 aliphatic carbocycles. The minimum absolute atomic E-state index is 0.0739. The Balaban J connectivity index is 1.67. The Morgan fingerprint density at radius 2 is 2.00 bits per heavy atom. The maximum Gasteiger partial charge on any atom is 0.339 e. The molecule has 1 unspecified atom stereocenters. The molecule has 2 aromatic carbocycles. The molecule has 1 aliphatic rings. The maximum atomic E-state index is 12.7. The van der Waals surface area contributed by atoms with E-state index in [0.717, 1.165) is 24.2 Å². The molecule has 0 saturated heterocycles. The lowest BCUT2D eigenvalue weighted by atomic mass is 9.92. The molecule has 0 bridgehead atoms. The second kappa shape index (κ2) is 8.94. The highest BCUT2D eigenvalue weighted by Gasteiger charge is 2.25. The summed E-state index contributed by atoms with van der Waals surface area (Å²) in [7, 11) is 0. The number of fused-ring (bicyclic) bond motifs is 3. The quantitative estimate of drug-likeness (QED) is 0.477. The zero-order valence-corrected chi connectivity index (χ0v) is 17.9. The topological polar surface area (TPSA) is 80.0 Å². The molecule has 6 heteroatoms. The van der Waals surface area contributed by atoms with E-state index in [1.165, 1.54) is 5.56 Å². The molecule has 2 heterocycles. The molecule has 3 aromatic rings. The van der Waals surface area contributed by atoms with E-state index < -0.39 is 0 Å². The second-order valence-corrected chi connectivity index (χ2v) is 8.12. The first kappa shape index (κ1) is 21.1. The maximum absolute atomic E-state index is 12.7. The number of rotatable bonds is 6. The van der Waals surface area contributed by atoms with Gasteiger partial charge in [0.15, 0.2) is 0 Å². The predicted octanol–water partition coefficient (Wildman–Crippen LogP) is 4.11. The average Bonchev–Trinajstić information content (AvgIpc) is 2.74. The van der Waals surface area contributed by atoms with Gasteiger partial charge in [-0.05, 0) is 48.1 Å². The molecule has 0 spiro atoms. The van der Waals surface area contributed by atoms with Gasteiger partial charge in [0, 0.05) is 25.2 Å². The minimum atomic E-state index is -0.351. The number of hydrogen-bond donors (Lipinski definition) is 1. The van der Waals surface area contributed by atoms with Crippen LogP contribution in [0.4, 0.5) is 0 Å². The first-order valence-electron chi connectivity index (χ1n) is 10.7. The van der Waals surface area contributed by atoms with Crippen molar-refractivity contribution in [1.82, 2.24) is 4.90 Å². The Labute approximate surface area is 181 Å². The zero-order valence-electron chi connectivity index (χ0n) is 17.9. The van der Waals surface area contributed by atoms with Gasteiger partial charge in [0.2, 0.25) is 0 Å². The number of phenolic OH excluding ortho intramolecular Hbond substituents is 1. The second-order valence-electron chi connectivity index (χ2n) is 8.12. The number of carbonyl (C=O) groups excluding carboxylic acids is 1. The highest BCUT2D eigenvalue weighted by atomic mass is 16.5. The van der Waals surface area contributed by atoms with E-state index in [-0.39, 0.29) is 29.7 Å². The van der Waals surface area contributed by atoms with Crippen LogP contribution >= 0.6 is 0 Å². The SMILES string of the molecule is CCOC(=O)CC(C)c1cc(O)c2c3c(c(=O)oc2c1)CCN(Cc1ccccc1)C3. The van der Waals surface area contributed by atoms with E-state index in [0.29, 0.717) is 36.1 Å². The molecule has 31 heavy (non-hydrogen) atoms. The van der Waals surface area contributed by atoms with Crippen LogP contribution in [0.3, 0.4) is 0 Å². The van der Waals surface area contributed by atoms with Crippen LogP contribution < -0.4 is 5.63 Å². The Morgan fingerprint density at radius 1 is 1.23 bits per heavy atom. The fourth-order valence-electron chi connectivity index (χ4n) is 4.29. The van der Waals surface area contributed by atoms with E-state index >= 15 is 0 Å². The number of benzene rings is 2. The summed E-state index contributed by atoms with van der Waals surface area (Å²) in [6.07, 6.45) is 0.777. The van der Waals surface area contributed by atoms with Crippen molar-refractivity contribution >= 4 is 16.9 Å². The summed E-state index contributed by atoms with van der Waals surface area (Å²) in [6, 6.07) is 13.6. The monoisotopic (exact) mass is 421 g/mol. The molecule has 162 valence electrons. The van der Waals surface area contributed by atoms with Crippen molar-refractivity contribution in [1.29, 1.82) is 0 Å². The zero-order chi connectivity index (χ0) is 22.0. The van der Waals surface area contributed by atoms with Gasteiger partial charge in [-0.25, -0.2) is 4.79 Å². The normalized spacial score (nSPS) is 14.9. The van der Waals surface area contributed by atoms with Crippen LogP contribution in [-0.4, -0.2) is 29.1 Å². The summed E-state index contributed by atoms with van der Waals surface area (Å²) >= 11 is 0. The first-order chi connectivity index (χ1) is 15.0. The fourth-order valence-corrected chi connectivity index (χ4v) is 4.29. The van der Waals surface area contributed by atoms with Gasteiger partial charge >= 0.3 is 11.6 Å². The number of hydrogen-bond acceptors (Lipinski definition) is 6. The Morgan fingerprint density at radius 3 is 2.74 bits per heavy atom. The lowest BCUT2D eigenvalue weighted by Gasteiger charge is -2.29. The van der Waals surface area contributed by atoms with Crippen molar-refractivity contribution in [3.63, 3.8) is 0 Å². The number of ether oxygens (including phenoxy) is 1. The highest BCUT2D eigenvalue weighted by molar-refractivity contribution is 5.88. The highest BCUT2D eigenvalue weighted by Crippen LogP contribution is 2.36. The number of carbonyl (C=O) groups is 1. The number of phenols is 1. The van der Waals surface area contributed by atoms with Gasteiger partial charge < -0.3 is 14.3 Å². The molecule has 0 saturated carbocycles. The molecule has 1 aliphatic heterocycles. The van der Waals surface area contributed by atoms with Crippen LogP contribution in [-0.2, 0) is 29.0 Å². The summed E-state index contributed by atoms with van der Waals surface area (Å²) in [5, 5.41) is 11.4. The van der Waals surface area contributed by atoms with Gasteiger partial charge in [-0.3, -0.25) is 9.69 Å². The van der Waals surface area contributed by atoms with E-state index in [9.17, 15) is 14.7 Å². The van der Waals surface area contributed by atoms with Gasteiger partial charge in [-0.2, -0.15) is 0 Å². The lowest BCUT2D eigenvalue weighted by molar-refractivity contribution is -0.143. The summed E-state index contributed by atoms with van der Waals surface area (Å²) in [5.74, 6) is -0.395. The summed E-state index contributed by atoms with van der Waals surface area (Å²) < 4.78 is 10.6. The van der Waals surface area contributed by atoms with Crippen molar-refractivity contribution < 1.29 is 19.1 Å². The Hall–Kier alpha value is -3.12. The third-order valence-corrected chi connectivity index (χ3v) is 5.87. The van der Waals surface area contributed by atoms with Gasteiger partial charge in [-0.1, -0.05) is 37.3 Å². The fraction of sp³-hybridized carbons (Fsp3) is 0.360. The third kappa shape index (κ3) is 4.49. The molecule has 1 N–H and O–H groups in total. The molecule has 1 atom stereocenters. The number of esters is 1. The van der Waals surface area contributed by atoms with Crippen molar-refractivity contribution in [2.24, 2.45) is 0 Å². The van der Waals surface area contributed by atoms with Crippen LogP contribution in [0.25, 0.3) is 11.0 Å². The van der Waals surface area contributed by atoms with Crippen molar-refractivity contribution in [3.8, 4) is 5.75 Å². The van der Waals surface area contributed by atoms with E-state index in [1.54, 1.807) is 19.1 Å². The summed E-state index contributed by atoms with van der Waals surface area (Å²) in [5.41, 5.74) is 3.41. The first-order valence-corrected chi connectivity index (χ1v) is 10.7. The van der Waals surface area contributed by atoms with Gasteiger partial charge in [0.05, 0.1) is 18.4 Å². The van der Waals surface area contributed by atoms with Crippen LogP contribution in [0.5, 0.6) is 5.75 Å². The van der Waals surface area contributed by atoms with Crippen molar-refractivity contribution in [2.45, 2.75) is 45.7 Å². The Kier molecular flexibility index (Phi) is 6.09. The molecular weight excluding hydrogens is 394 g/mol. The van der Waals surface area contributed by atoms with Crippen LogP contribution in [0, 0.1) is 0 Å². The lowest BCUT2D eigenvalue weighted by Crippen LogP contribution is -2.33. The smallest absolute Gasteiger partial charge is 0.339 e. The minimum Gasteiger partial charge on any atom is -0.507 e. The molecular formula is C25H27NO5. The average molecular weight is 421 g/mol. The van der Waals surface area contributed by atoms with Crippen LogP contribution in [0.2, 0.25) is 0 Å². The number of nitrogens with zero attached hydrogens (tertiary/aromatic N) is 1. The van der Waals surface area contributed by atoms with E-state index in [4.69, 9.17) is 9.15 Å². The van der Waals surface area contributed by atoms with Gasteiger partial charge in [-0.15, -0.1) is 0 Å². The van der Waals surface area contributed by atoms with Crippen molar-refractivity contribution in [2.75, 3.05) is 13.2 Å². The largest absolute Gasteiger partial charge is 0.507 e. The van der Waals surface area contributed by atoms with Crippen LogP contribution in [0.1, 0.15) is 48.4 Å². The standard InChI is InChI=1S/C25H27NO5/c1-3-30-23(28)11-16(2)18-12-21(27)24-20-15-26(14-17-7-5-4-6-8-17)10-9-19(20)25(29)31-22(24)13-18/h4-8,12-13,16,27H,3,9-11,14-15H2,1-2H3. The Bertz CT molecular complexity index is 1150. The number of aromatic hydroxyl groups is 1. The molecule has 0 radical (unpaired) electrons. The van der Waals surface area contributed by atoms with Crippen LogP contribution in [0.15, 0.2) is 51.7 Å². The summed E-state index contributed by atoms with van der Waals surface area (Å²) in [6.45, 7) is 6.08. The molecule has 0 amide bonds. The molecule has 0 fully saturated rings. The van der Waals surface area contributed by atoms with E-state index in [2.05, 4.69) is 17.0 Å². The summed E-state index contributed by atoms with van der Waals surface area (Å²) in [4.78, 5) is 26.8. The third-order valence-electron chi connectivity index (χ3n) is 5.87. The molecule has 6 nitrogen and oxygen atoms in total. The van der Waals surface area contributed by atoms with E-state index in [1.807, 2.05) is 25.1 Å². The predicted molar refractivity (Wildman–Crippen MR) is 118 cm³/mol. The molecule has 1 aromatic heterocycles. The van der Waals surface area contributed by atoms with Gasteiger partial charge in [0.1, 0.15) is 11.3 Å². The van der Waals surface area contributed by atoms with Gasteiger partial charge in [0.25, 0.3) is 0 Å². The van der Waals surface area contributed by atoms with Crippen molar-refractivity contribution in [3.05, 3.63) is 75.1 Å².